The topological polar surface area (TPSA) is 64.3 Å². The highest BCUT2D eigenvalue weighted by molar-refractivity contribution is 5.54. The Morgan fingerprint density at radius 2 is 2.19 bits per heavy atom. The zero-order chi connectivity index (χ0) is 14.7. The van der Waals surface area contributed by atoms with Crippen LogP contribution in [0.25, 0.3) is 0 Å². The first-order valence-corrected chi connectivity index (χ1v) is 7.22. The van der Waals surface area contributed by atoms with Crippen LogP contribution in [-0.4, -0.2) is 23.6 Å². The molecule has 5 heteroatoms. The first-order chi connectivity index (χ1) is 10.2. The highest BCUT2D eigenvalue weighted by atomic mass is 16.5. The summed E-state index contributed by atoms with van der Waals surface area (Å²) in [6, 6.07) is 7.75. The van der Waals surface area contributed by atoms with Gasteiger partial charge in [0, 0.05) is 26.0 Å². The van der Waals surface area contributed by atoms with Crippen LogP contribution in [0.5, 0.6) is 5.88 Å². The molecule has 0 atom stereocenters. The zero-order valence-corrected chi connectivity index (χ0v) is 12.2. The van der Waals surface area contributed by atoms with Crippen molar-refractivity contribution in [3.63, 3.8) is 0 Å². The van der Waals surface area contributed by atoms with Crippen LogP contribution in [0.4, 0.5) is 11.5 Å². The SMILES string of the molecule is CN(Cc1cccnc1)c1ccc(N)c(OCC2CC2)n1. The largest absolute Gasteiger partial charge is 0.476 e. The van der Waals surface area contributed by atoms with E-state index in [0.29, 0.717) is 24.1 Å². The molecule has 0 bridgehead atoms. The number of ether oxygens (including phenoxy) is 1. The minimum Gasteiger partial charge on any atom is -0.476 e. The van der Waals surface area contributed by atoms with Crippen molar-refractivity contribution in [1.29, 1.82) is 0 Å². The number of hydrogen-bond acceptors (Lipinski definition) is 5. The van der Waals surface area contributed by atoms with Crippen LogP contribution in [-0.2, 0) is 6.54 Å². The Morgan fingerprint density at radius 3 is 2.90 bits per heavy atom. The standard InChI is InChI=1S/C16H20N4O/c1-20(10-13-3-2-8-18-9-13)15-7-6-14(17)16(19-15)21-11-12-4-5-12/h2-3,6-9,12H,4-5,10-11,17H2,1H3. The molecule has 2 aromatic heterocycles. The Kier molecular flexibility index (Phi) is 3.90. The lowest BCUT2D eigenvalue weighted by Gasteiger charge is -2.19. The fraction of sp³-hybridized carbons (Fsp3) is 0.375. The molecule has 0 radical (unpaired) electrons. The van der Waals surface area contributed by atoms with Crippen LogP contribution in [0, 0.1) is 5.92 Å². The summed E-state index contributed by atoms with van der Waals surface area (Å²) in [5, 5.41) is 0. The molecule has 1 aliphatic rings. The van der Waals surface area contributed by atoms with Crippen molar-refractivity contribution in [2.24, 2.45) is 5.92 Å². The van der Waals surface area contributed by atoms with Gasteiger partial charge >= 0.3 is 0 Å². The summed E-state index contributed by atoms with van der Waals surface area (Å²) < 4.78 is 5.73. The summed E-state index contributed by atoms with van der Waals surface area (Å²) >= 11 is 0. The molecule has 1 saturated carbocycles. The molecule has 1 fully saturated rings. The van der Waals surface area contributed by atoms with E-state index in [-0.39, 0.29) is 0 Å². The van der Waals surface area contributed by atoms with Gasteiger partial charge in [0.05, 0.1) is 12.3 Å². The van der Waals surface area contributed by atoms with Gasteiger partial charge in [-0.25, -0.2) is 0 Å². The molecule has 1 aliphatic carbocycles. The van der Waals surface area contributed by atoms with Crippen LogP contribution >= 0.6 is 0 Å². The third-order valence-corrected chi connectivity index (χ3v) is 3.56. The maximum atomic E-state index is 5.93. The van der Waals surface area contributed by atoms with Crippen LogP contribution in [0.2, 0.25) is 0 Å². The number of aromatic nitrogens is 2. The third-order valence-electron chi connectivity index (χ3n) is 3.56. The lowest BCUT2D eigenvalue weighted by atomic mass is 10.2. The van der Waals surface area contributed by atoms with Crippen molar-refractivity contribution in [2.45, 2.75) is 19.4 Å². The molecule has 3 rings (SSSR count). The van der Waals surface area contributed by atoms with E-state index < -0.39 is 0 Å². The van der Waals surface area contributed by atoms with Crippen LogP contribution < -0.4 is 15.4 Å². The molecular weight excluding hydrogens is 264 g/mol. The van der Waals surface area contributed by atoms with Gasteiger partial charge in [0.15, 0.2) is 0 Å². The predicted molar refractivity (Wildman–Crippen MR) is 83.2 cm³/mol. The first kappa shape index (κ1) is 13.7. The monoisotopic (exact) mass is 284 g/mol. The van der Waals surface area contributed by atoms with Gasteiger partial charge in [-0.15, -0.1) is 0 Å². The number of nitrogens with two attached hydrogens (primary N) is 1. The van der Waals surface area contributed by atoms with E-state index >= 15 is 0 Å². The molecular formula is C16H20N4O. The van der Waals surface area contributed by atoms with Gasteiger partial charge in [-0.05, 0) is 42.5 Å². The van der Waals surface area contributed by atoms with Gasteiger partial charge < -0.3 is 15.4 Å². The minimum atomic E-state index is 0.539. The molecule has 0 aromatic carbocycles. The summed E-state index contributed by atoms with van der Waals surface area (Å²) in [4.78, 5) is 10.7. The van der Waals surface area contributed by atoms with Gasteiger partial charge in [0.2, 0.25) is 5.88 Å². The Morgan fingerprint density at radius 1 is 1.33 bits per heavy atom. The van der Waals surface area contributed by atoms with Crippen molar-refractivity contribution in [3.8, 4) is 5.88 Å². The summed E-state index contributed by atoms with van der Waals surface area (Å²) in [5.41, 5.74) is 7.66. The maximum Gasteiger partial charge on any atom is 0.239 e. The Labute approximate surface area is 124 Å². The number of nitrogens with zero attached hydrogens (tertiary/aromatic N) is 3. The molecule has 2 N–H and O–H groups in total. The van der Waals surface area contributed by atoms with Gasteiger partial charge in [0.1, 0.15) is 5.82 Å². The second kappa shape index (κ2) is 5.99. The highest BCUT2D eigenvalue weighted by Gasteiger charge is 2.22. The average molecular weight is 284 g/mol. The quantitative estimate of drug-likeness (QED) is 0.883. The smallest absolute Gasteiger partial charge is 0.239 e. The number of rotatable bonds is 6. The zero-order valence-electron chi connectivity index (χ0n) is 12.2. The van der Waals surface area contributed by atoms with Crippen LogP contribution in [0.3, 0.4) is 0 Å². The summed E-state index contributed by atoms with van der Waals surface area (Å²) in [5.74, 6) is 2.07. The van der Waals surface area contributed by atoms with Crippen LogP contribution in [0.15, 0.2) is 36.7 Å². The van der Waals surface area contributed by atoms with E-state index in [1.54, 1.807) is 6.20 Å². The number of pyridine rings is 2. The number of anilines is 2. The summed E-state index contributed by atoms with van der Waals surface area (Å²) in [6.45, 7) is 1.46. The Hall–Kier alpha value is -2.30. The Bertz CT molecular complexity index is 598. The van der Waals surface area contributed by atoms with Crippen molar-refractivity contribution < 1.29 is 4.74 Å². The minimum absolute atomic E-state index is 0.539. The first-order valence-electron chi connectivity index (χ1n) is 7.22. The molecule has 2 aromatic rings. The molecule has 0 saturated heterocycles. The molecule has 2 heterocycles. The average Bonchev–Trinajstić information content (AvgIpc) is 3.31. The van der Waals surface area contributed by atoms with E-state index in [9.17, 15) is 0 Å². The summed E-state index contributed by atoms with van der Waals surface area (Å²) in [6.07, 6.45) is 6.13. The molecule has 21 heavy (non-hydrogen) atoms. The summed E-state index contributed by atoms with van der Waals surface area (Å²) in [7, 11) is 2.00. The number of hydrogen-bond donors (Lipinski definition) is 1. The van der Waals surface area contributed by atoms with Crippen LogP contribution in [0.1, 0.15) is 18.4 Å². The van der Waals surface area contributed by atoms with Gasteiger partial charge in [-0.1, -0.05) is 6.07 Å². The molecule has 0 aliphatic heterocycles. The normalized spacial score (nSPS) is 14.0. The van der Waals surface area contributed by atoms with E-state index in [1.165, 1.54) is 12.8 Å². The van der Waals surface area contributed by atoms with E-state index in [0.717, 1.165) is 17.9 Å². The van der Waals surface area contributed by atoms with Crippen molar-refractivity contribution in [1.82, 2.24) is 9.97 Å². The Balaban J connectivity index is 1.69. The van der Waals surface area contributed by atoms with E-state index in [1.807, 2.05) is 37.5 Å². The fourth-order valence-electron chi connectivity index (χ4n) is 2.10. The van der Waals surface area contributed by atoms with E-state index in [4.69, 9.17) is 10.5 Å². The molecule has 5 nitrogen and oxygen atoms in total. The lowest BCUT2D eigenvalue weighted by Crippen LogP contribution is -2.18. The van der Waals surface area contributed by atoms with Crippen molar-refractivity contribution >= 4 is 11.5 Å². The maximum absolute atomic E-state index is 5.93. The lowest BCUT2D eigenvalue weighted by molar-refractivity contribution is 0.290. The third kappa shape index (κ3) is 3.62. The molecule has 0 spiro atoms. The second-order valence-corrected chi connectivity index (χ2v) is 5.54. The number of nitrogen functional groups attached to an aromatic ring is 1. The van der Waals surface area contributed by atoms with Gasteiger partial charge in [0.25, 0.3) is 0 Å². The van der Waals surface area contributed by atoms with Crippen molar-refractivity contribution in [3.05, 3.63) is 42.2 Å². The fourth-order valence-corrected chi connectivity index (χ4v) is 2.10. The van der Waals surface area contributed by atoms with Gasteiger partial charge in [-0.2, -0.15) is 4.98 Å². The molecule has 110 valence electrons. The second-order valence-electron chi connectivity index (χ2n) is 5.54. The highest BCUT2D eigenvalue weighted by Crippen LogP contribution is 2.31. The molecule has 0 amide bonds. The predicted octanol–water partition coefficient (Wildman–Crippen LogP) is 2.48. The van der Waals surface area contributed by atoms with E-state index in [2.05, 4.69) is 14.9 Å². The van der Waals surface area contributed by atoms with Gasteiger partial charge in [-0.3, -0.25) is 4.98 Å². The molecule has 0 unspecified atom stereocenters. The van der Waals surface area contributed by atoms with Crippen molar-refractivity contribution in [2.75, 3.05) is 24.3 Å².